The van der Waals surface area contributed by atoms with Gasteiger partial charge in [-0.2, -0.15) is 13.2 Å². The quantitative estimate of drug-likeness (QED) is 0.359. The third-order valence-corrected chi connectivity index (χ3v) is 2.60. The van der Waals surface area contributed by atoms with Crippen LogP contribution in [0.1, 0.15) is 30.4 Å². The summed E-state index contributed by atoms with van der Waals surface area (Å²) in [5.41, 5.74) is 0.738. The van der Waals surface area contributed by atoms with E-state index in [1.165, 1.54) is 6.39 Å². The Labute approximate surface area is 107 Å². The van der Waals surface area contributed by atoms with Crippen LogP contribution >= 0.6 is 0 Å². The van der Waals surface area contributed by atoms with Crippen LogP contribution in [0.2, 0.25) is 0 Å². The molecule has 1 aliphatic carbocycles. The van der Waals surface area contributed by atoms with Crippen LogP contribution < -0.4 is 0 Å². The third kappa shape index (κ3) is 4.23. The molecule has 19 heavy (non-hydrogen) atoms. The predicted molar refractivity (Wildman–Crippen MR) is 58.6 cm³/mol. The van der Waals surface area contributed by atoms with Gasteiger partial charge in [-0.3, -0.25) is 0 Å². The molecule has 0 saturated heterocycles. The number of aryl methyl sites for hydroxylation is 1. The molecule has 1 heterocycles. The van der Waals surface area contributed by atoms with E-state index in [2.05, 4.69) is 9.98 Å². The van der Waals surface area contributed by atoms with Crippen LogP contribution in [0.3, 0.4) is 0 Å². The normalized spacial score (nSPS) is 19.6. The molecule has 2 rings (SSSR count). The molecule has 0 bridgehead atoms. The van der Waals surface area contributed by atoms with Gasteiger partial charge in [0.15, 0.2) is 19.6 Å². The number of halogens is 3. The van der Waals surface area contributed by atoms with E-state index in [-0.39, 0.29) is 12.9 Å². The Hall–Kier alpha value is -1.57. The van der Waals surface area contributed by atoms with Crippen molar-refractivity contribution >= 4 is 6.40 Å². The monoisotopic (exact) mass is 278 g/mol. The Morgan fingerprint density at radius 3 is 3.16 bits per heavy atom. The average molecular weight is 278 g/mol. The molecule has 0 fully saturated rings. The zero-order chi connectivity index (χ0) is 13.7. The second kappa shape index (κ2) is 6.05. The number of fused-ring (bicyclic) bond motifs is 1. The van der Waals surface area contributed by atoms with E-state index >= 15 is 0 Å². The number of hydrogen-bond acceptors (Lipinski definition) is 5. The number of ether oxygens (including phenoxy) is 2. The SMILES string of the molecule is FC(F)(F)CN=COCOC1CCCc2ocnc21. The van der Waals surface area contributed by atoms with Crippen molar-refractivity contribution < 1.29 is 27.1 Å². The fourth-order valence-electron chi connectivity index (χ4n) is 1.82. The van der Waals surface area contributed by atoms with Crippen molar-refractivity contribution in [2.24, 2.45) is 4.99 Å². The molecule has 0 spiro atoms. The number of hydrogen-bond donors (Lipinski definition) is 0. The number of alkyl halides is 3. The van der Waals surface area contributed by atoms with E-state index in [9.17, 15) is 13.2 Å². The summed E-state index contributed by atoms with van der Waals surface area (Å²) < 4.78 is 50.6. The molecule has 0 aliphatic heterocycles. The Kier molecular flexibility index (Phi) is 4.41. The molecule has 106 valence electrons. The molecule has 0 radical (unpaired) electrons. The largest absolute Gasteiger partial charge is 0.457 e. The Balaban J connectivity index is 1.70. The van der Waals surface area contributed by atoms with Crippen LogP contribution in [0, 0.1) is 0 Å². The Bertz CT molecular complexity index is 431. The standard InChI is InChI=1S/C11H13F3N2O3/c12-11(13,14)4-15-5-17-7-19-9-3-1-2-8-10(9)16-6-18-8/h5-6,9H,1-4,7H2. The molecular formula is C11H13F3N2O3. The summed E-state index contributed by atoms with van der Waals surface area (Å²) in [6.07, 6.45) is 0.0665. The lowest BCUT2D eigenvalue weighted by molar-refractivity contribution is -0.118. The minimum Gasteiger partial charge on any atom is -0.457 e. The fraction of sp³-hybridized carbons (Fsp3) is 0.636. The highest BCUT2D eigenvalue weighted by molar-refractivity contribution is 5.46. The Morgan fingerprint density at radius 2 is 2.37 bits per heavy atom. The summed E-state index contributed by atoms with van der Waals surface area (Å²) in [6.45, 7) is -1.43. The predicted octanol–water partition coefficient (Wildman–Crippen LogP) is 2.63. The van der Waals surface area contributed by atoms with Crippen LogP contribution in [-0.2, 0) is 15.9 Å². The number of rotatable bonds is 5. The van der Waals surface area contributed by atoms with Crippen molar-refractivity contribution in [1.29, 1.82) is 0 Å². The van der Waals surface area contributed by atoms with Gasteiger partial charge in [0.25, 0.3) is 0 Å². The summed E-state index contributed by atoms with van der Waals surface area (Å²) in [6, 6.07) is 0. The lowest BCUT2D eigenvalue weighted by Crippen LogP contribution is -2.14. The van der Waals surface area contributed by atoms with E-state index in [0.29, 0.717) is 0 Å². The molecule has 0 saturated carbocycles. The van der Waals surface area contributed by atoms with Gasteiger partial charge in [-0.05, 0) is 12.8 Å². The first-order valence-electron chi connectivity index (χ1n) is 5.77. The number of aromatic nitrogens is 1. The van der Waals surface area contributed by atoms with Crippen LogP contribution in [-0.4, -0.2) is 30.9 Å². The minimum atomic E-state index is -4.32. The minimum absolute atomic E-state index is 0.168. The summed E-state index contributed by atoms with van der Waals surface area (Å²) in [7, 11) is 0. The van der Waals surface area contributed by atoms with Gasteiger partial charge in [-0.15, -0.1) is 0 Å². The van der Waals surface area contributed by atoms with Crippen molar-refractivity contribution in [3.05, 3.63) is 17.8 Å². The number of aliphatic imine (C=N–C) groups is 1. The molecular weight excluding hydrogens is 265 g/mol. The molecule has 1 atom stereocenters. The molecule has 5 nitrogen and oxygen atoms in total. The molecule has 8 heteroatoms. The maximum atomic E-state index is 11.8. The van der Waals surface area contributed by atoms with E-state index in [1.807, 2.05) is 0 Å². The molecule has 0 amide bonds. The fourth-order valence-corrected chi connectivity index (χ4v) is 1.82. The summed E-state index contributed by atoms with van der Waals surface area (Å²) >= 11 is 0. The van der Waals surface area contributed by atoms with Crippen LogP contribution in [0.25, 0.3) is 0 Å². The molecule has 0 N–H and O–H groups in total. The number of oxazole rings is 1. The van der Waals surface area contributed by atoms with Gasteiger partial charge in [0, 0.05) is 6.42 Å². The van der Waals surface area contributed by atoms with Crippen molar-refractivity contribution in [3.8, 4) is 0 Å². The average Bonchev–Trinajstić information content (AvgIpc) is 2.81. The highest BCUT2D eigenvalue weighted by atomic mass is 19.4. The van der Waals surface area contributed by atoms with Gasteiger partial charge in [-0.1, -0.05) is 0 Å². The zero-order valence-corrected chi connectivity index (χ0v) is 10.0. The van der Waals surface area contributed by atoms with Crippen molar-refractivity contribution in [1.82, 2.24) is 4.98 Å². The van der Waals surface area contributed by atoms with Crippen LogP contribution in [0.4, 0.5) is 13.2 Å². The summed E-state index contributed by atoms with van der Waals surface area (Å²) in [5.74, 6) is 0.794. The lowest BCUT2D eigenvalue weighted by Gasteiger charge is -2.19. The highest BCUT2D eigenvalue weighted by Gasteiger charge is 2.26. The maximum Gasteiger partial charge on any atom is 0.408 e. The third-order valence-electron chi connectivity index (χ3n) is 2.60. The van der Waals surface area contributed by atoms with Gasteiger partial charge in [0.1, 0.15) is 24.1 Å². The van der Waals surface area contributed by atoms with Crippen LogP contribution in [0.15, 0.2) is 15.8 Å². The van der Waals surface area contributed by atoms with Crippen molar-refractivity contribution in [2.45, 2.75) is 31.5 Å². The first-order valence-corrected chi connectivity index (χ1v) is 5.77. The van der Waals surface area contributed by atoms with Gasteiger partial charge in [-0.25, -0.2) is 9.98 Å². The lowest BCUT2D eigenvalue weighted by atomic mass is 9.99. The van der Waals surface area contributed by atoms with Crippen LogP contribution in [0.5, 0.6) is 0 Å². The van der Waals surface area contributed by atoms with Crippen molar-refractivity contribution in [3.63, 3.8) is 0 Å². The second-order valence-corrected chi connectivity index (χ2v) is 4.05. The Morgan fingerprint density at radius 1 is 1.53 bits per heavy atom. The van der Waals surface area contributed by atoms with E-state index < -0.39 is 12.7 Å². The van der Waals surface area contributed by atoms with Gasteiger partial charge in [0.05, 0.1) is 0 Å². The summed E-state index contributed by atoms with van der Waals surface area (Å²) in [4.78, 5) is 7.13. The molecule has 1 aromatic rings. The maximum absolute atomic E-state index is 11.8. The highest BCUT2D eigenvalue weighted by Crippen LogP contribution is 2.31. The van der Waals surface area contributed by atoms with E-state index in [0.717, 1.165) is 37.1 Å². The molecule has 1 unspecified atom stereocenters. The first kappa shape index (κ1) is 13.9. The first-order chi connectivity index (χ1) is 9.06. The second-order valence-electron chi connectivity index (χ2n) is 4.05. The molecule has 1 aromatic heterocycles. The molecule has 0 aromatic carbocycles. The van der Waals surface area contributed by atoms with Gasteiger partial charge < -0.3 is 13.9 Å². The summed E-state index contributed by atoms with van der Waals surface area (Å²) in [5, 5.41) is 0. The zero-order valence-electron chi connectivity index (χ0n) is 10.0. The van der Waals surface area contributed by atoms with Crippen molar-refractivity contribution in [2.75, 3.05) is 13.3 Å². The molecule has 1 aliphatic rings. The van der Waals surface area contributed by atoms with E-state index in [1.54, 1.807) is 0 Å². The smallest absolute Gasteiger partial charge is 0.408 e. The van der Waals surface area contributed by atoms with Gasteiger partial charge >= 0.3 is 6.18 Å². The van der Waals surface area contributed by atoms with Gasteiger partial charge in [0.2, 0.25) is 0 Å². The number of nitrogens with zero attached hydrogens (tertiary/aromatic N) is 2. The topological polar surface area (TPSA) is 56.9 Å². The van der Waals surface area contributed by atoms with E-state index in [4.69, 9.17) is 13.9 Å².